The molecule has 1 atom stereocenters. The van der Waals surface area contributed by atoms with E-state index >= 15 is 0 Å². The minimum Gasteiger partial charge on any atom is -0.378 e. The molecule has 0 radical (unpaired) electrons. The Morgan fingerprint density at radius 2 is 2.13 bits per heavy atom. The number of fused-ring (bicyclic) bond motifs is 1. The number of ether oxygens (including phenoxy) is 1. The van der Waals surface area contributed by atoms with Crippen molar-refractivity contribution in [2.45, 2.75) is 63.6 Å². The molecule has 5 rings (SSSR count). The Morgan fingerprint density at radius 3 is 2.83 bits per heavy atom. The van der Waals surface area contributed by atoms with Crippen molar-refractivity contribution < 1.29 is 4.74 Å². The fraction of sp³-hybridized carbons (Fsp3) is 0.750. The molecule has 3 aliphatic rings. The predicted octanol–water partition coefficient (Wildman–Crippen LogP) is 1.67. The Hall–Kier alpha value is -1.76. The molecule has 23 heavy (non-hydrogen) atoms. The van der Waals surface area contributed by atoms with Crippen LogP contribution in [0.2, 0.25) is 0 Å². The van der Waals surface area contributed by atoms with Crippen LogP contribution in [0.3, 0.4) is 0 Å². The second kappa shape index (κ2) is 4.87. The molecule has 0 amide bonds. The molecule has 2 aliphatic carbocycles. The third-order valence-electron chi connectivity index (χ3n) is 5.59. The standard InChI is InChI=1S/C16H21N5O2/c22-15-13-14(21(19-18-13)11-4-5-11)17-10-20(15)9-16(6-7-16)12-3-1-2-8-23-12/h10-12H,1-9H2. The molecule has 7 nitrogen and oxygen atoms in total. The van der Waals surface area contributed by atoms with Gasteiger partial charge in [0.25, 0.3) is 5.56 Å². The first-order valence-electron chi connectivity index (χ1n) is 8.69. The summed E-state index contributed by atoms with van der Waals surface area (Å²) in [6.07, 6.45) is 9.95. The molecule has 2 aromatic heterocycles. The first kappa shape index (κ1) is 13.7. The van der Waals surface area contributed by atoms with E-state index in [-0.39, 0.29) is 11.0 Å². The highest BCUT2D eigenvalue weighted by Gasteiger charge is 2.50. The van der Waals surface area contributed by atoms with E-state index in [2.05, 4.69) is 15.3 Å². The zero-order valence-electron chi connectivity index (χ0n) is 13.1. The lowest BCUT2D eigenvalue weighted by molar-refractivity contribution is -0.0358. The van der Waals surface area contributed by atoms with E-state index in [9.17, 15) is 4.79 Å². The normalized spacial score (nSPS) is 26.5. The molecule has 2 saturated carbocycles. The van der Waals surface area contributed by atoms with Crippen LogP contribution in [0, 0.1) is 5.41 Å². The summed E-state index contributed by atoms with van der Waals surface area (Å²) in [4.78, 5) is 17.2. The molecule has 7 heteroatoms. The summed E-state index contributed by atoms with van der Waals surface area (Å²) in [5.74, 6) is 0. The number of aromatic nitrogens is 5. The van der Waals surface area contributed by atoms with E-state index in [1.165, 1.54) is 6.42 Å². The molecular formula is C16H21N5O2. The Balaban J connectivity index is 1.46. The number of rotatable bonds is 4. The van der Waals surface area contributed by atoms with Gasteiger partial charge in [0, 0.05) is 18.6 Å². The second-order valence-corrected chi connectivity index (χ2v) is 7.33. The number of hydrogen-bond donors (Lipinski definition) is 0. The highest BCUT2D eigenvalue weighted by atomic mass is 16.5. The minimum atomic E-state index is -0.0658. The van der Waals surface area contributed by atoms with Gasteiger partial charge >= 0.3 is 0 Å². The summed E-state index contributed by atoms with van der Waals surface area (Å²) in [7, 11) is 0. The summed E-state index contributed by atoms with van der Waals surface area (Å²) >= 11 is 0. The molecule has 1 aliphatic heterocycles. The van der Waals surface area contributed by atoms with Crippen LogP contribution in [0.1, 0.15) is 51.0 Å². The summed E-state index contributed by atoms with van der Waals surface area (Å²) in [6, 6.07) is 0.383. The van der Waals surface area contributed by atoms with Gasteiger partial charge in [-0.2, -0.15) is 0 Å². The first-order chi connectivity index (χ1) is 11.3. The summed E-state index contributed by atoms with van der Waals surface area (Å²) in [5.41, 5.74) is 1.10. The van der Waals surface area contributed by atoms with Crippen LogP contribution in [0.25, 0.3) is 11.2 Å². The van der Waals surface area contributed by atoms with E-state index in [1.807, 2.05) is 0 Å². The van der Waals surface area contributed by atoms with Crippen molar-refractivity contribution >= 4 is 11.2 Å². The Morgan fingerprint density at radius 1 is 1.26 bits per heavy atom. The topological polar surface area (TPSA) is 74.8 Å². The van der Waals surface area contributed by atoms with Gasteiger partial charge in [0.05, 0.1) is 12.1 Å². The lowest BCUT2D eigenvalue weighted by Gasteiger charge is -2.30. The maximum Gasteiger partial charge on any atom is 0.283 e. The van der Waals surface area contributed by atoms with E-state index in [4.69, 9.17) is 4.74 Å². The maximum absolute atomic E-state index is 12.7. The maximum atomic E-state index is 12.7. The van der Waals surface area contributed by atoms with Crippen LogP contribution in [0.15, 0.2) is 11.1 Å². The average molecular weight is 315 g/mol. The van der Waals surface area contributed by atoms with Crippen LogP contribution in [-0.4, -0.2) is 37.3 Å². The third-order valence-corrected chi connectivity index (χ3v) is 5.59. The Labute approximate surface area is 133 Å². The van der Waals surface area contributed by atoms with Crippen LogP contribution in [0.5, 0.6) is 0 Å². The van der Waals surface area contributed by atoms with Gasteiger partial charge in [0.1, 0.15) is 6.33 Å². The van der Waals surface area contributed by atoms with Crippen LogP contribution >= 0.6 is 0 Å². The molecule has 2 aromatic rings. The molecule has 0 spiro atoms. The molecule has 3 fully saturated rings. The van der Waals surface area contributed by atoms with Crippen LogP contribution in [0.4, 0.5) is 0 Å². The Bertz CT molecular complexity index is 796. The zero-order chi connectivity index (χ0) is 15.4. The average Bonchev–Trinajstić information content (AvgIpc) is 3.51. The molecule has 1 saturated heterocycles. The minimum absolute atomic E-state index is 0.0658. The first-order valence-corrected chi connectivity index (χ1v) is 8.69. The van der Waals surface area contributed by atoms with Gasteiger partial charge in [-0.05, 0) is 44.9 Å². The molecular weight excluding hydrogens is 294 g/mol. The fourth-order valence-corrected chi connectivity index (χ4v) is 3.84. The monoisotopic (exact) mass is 315 g/mol. The zero-order valence-corrected chi connectivity index (χ0v) is 13.1. The number of nitrogens with zero attached hydrogens (tertiary/aromatic N) is 5. The molecule has 0 aromatic carbocycles. The number of hydrogen-bond acceptors (Lipinski definition) is 5. The van der Waals surface area contributed by atoms with Crippen molar-refractivity contribution in [1.29, 1.82) is 0 Å². The van der Waals surface area contributed by atoms with Crippen LogP contribution < -0.4 is 5.56 Å². The molecule has 1 unspecified atom stereocenters. The SMILES string of the molecule is O=c1c2nnn(C3CC3)c2ncn1CC1(C2CCCCO2)CC1. The quantitative estimate of drug-likeness (QED) is 0.858. The molecule has 0 N–H and O–H groups in total. The Kier molecular flexibility index (Phi) is 2.89. The second-order valence-electron chi connectivity index (χ2n) is 7.33. The molecule has 3 heterocycles. The molecule has 0 bridgehead atoms. The highest BCUT2D eigenvalue weighted by molar-refractivity contribution is 5.68. The largest absolute Gasteiger partial charge is 0.378 e. The summed E-state index contributed by atoms with van der Waals surface area (Å²) in [5, 5.41) is 8.22. The van der Waals surface area contributed by atoms with Crippen molar-refractivity contribution in [3.05, 3.63) is 16.7 Å². The van der Waals surface area contributed by atoms with Crippen molar-refractivity contribution in [2.24, 2.45) is 5.41 Å². The lowest BCUT2D eigenvalue weighted by Crippen LogP contribution is -2.35. The van der Waals surface area contributed by atoms with Crippen molar-refractivity contribution in [3.63, 3.8) is 0 Å². The van der Waals surface area contributed by atoms with E-state index in [0.717, 1.165) is 45.1 Å². The third kappa shape index (κ3) is 2.21. The lowest BCUT2D eigenvalue weighted by atomic mass is 9.92. The van der Waals surface area contributed by atoms with E-state index < -0.39 is 0 Å². The summed E-state index contributed by atoms with van der Waals surface area (Å²) < 4.78 is 9.51. The highest BCUT2D eigenvalue weighted by Crippen LogP contribution is 2.53. The van der Waals surface area contributed by atoms with Crippen molar-refractivity contribution in [1.82, 2.24) is 24.5 Å². The van der Waals surface area contributed by atoms with Gasteiger partial charge in [-0.25, -0.2) is 9.67 Å². The predicted molar refractivity (Wildman–Crippen MR) is 83.1 cm³/mol. The molecule has 122 valence electrons. The van der Waals surface area contributed by atoms with Crippen molar-refractivity contribution in [2.75, 3.05) is 6.61 Å². The van der Waals surface area contributed by atoms with Gasteiger partial charge in [-0.3, -0.25) is 9.36 Å². The van der Waals surface area contributed by atoms with Gasteiger partial charge in [-0.1, -0.05) is 5.21 Å². The van der Waals surface area contributed by atoms with Crippen LogP contribution in [-0.2, 0) is 11.3 Å². The smallest absolute Gasteiger partial charge is 0.283 e. The van der Waals surface area contributed by atoms with Gasteiger partial charge < -0.3 is 4.74 Å². The summed E-state index contributed by atoms with van der Waals surface area (Å²) in [6.45, 7) is 1.55. The fourth-order valence-electron chi connectivity index (χ4n) is 3.84. The van der Waals surface area contributed by atoms with Crippen molar-refractivity contribution in [3.8, 4) is 0 Å². The van der Waals surface area contributed by atoms with Gasteiger partial charge in [-0.15, -0.1) is 5.10 Å². The van der Waals surface area contributed by atoms with E-state index in [1.54, 1.807) is 15.6 Å². The van der Waals surface area contributed by atoms with Gasteiger partial charge in [0.2, 0.25) is 0 Å². The van der Waals surface area contributed by atoms with E-state index in [0.29, 0.717) is 29.9 Å². The van der Waals surface area contributed by atoms with Gasteiger partial charge in [0.15, 0.2) is 11.2 Å².